The van der Waals surface area contributed by atoms with E-state index in [1.165, 1.54) is 4.88 Å². The van der Waals surface area contributed by atoms with Gasteiger partial charge in [0.1, 0.15) is 0 Å². The van der Waals surface area contributed by atoms with Gasteiger partial charge in [0.2, 0.25) is 0 Å². The molecule has 2 aromatic rings. The van der Waals surface area contributed by atoms with Crippen molar-refractivity contribution >= 4 is 44.7 Å². The summed E-state index contributed by atoms with van der Waals surface area (Å²) in [5.74, 6) is -2.37. The summed E-state index contributed by atoms with van der Waals surface area (Å²) in [4.78, 5) is 1.79. The lowest BCUT2D eigenvalue weighted by molar-refractivity contribution is 0.252. The van der Waals surface area contributed by atoms with Gasteiger partial charge in [0.15, 0.2) is 0 Å². The van der Waals surface area contributed by atoms with Crippen LogP contribution in [0.5, 0.6) is 0 Å². The Balaban J connectivity index is 1.90. The molecule has 1 aromatic carbocycles. The van der Waals surface area contributed by atoms with Crippen molar-refractivity contribution in [1.82, 2.24) is 0 Å². The van der Waals surface area contributed by atoms with Crippen LogP contribution >= 0.6 is 39.0 Å². The second-order valence-electron chi connectivity index (χ2n) is 3.46. The van der Waals surface area contributed by atoms with Crippen LogP contribution in [0.15, 0.2) is 45.1 Å². The summed E-state index contributed by atoms with van der Waals surface area (Å²) >= 11 is 5.64. The van der Waals surface area contributed by atoms with E-state index in [1.807, 2.05) is 24.3 Å². The smallest absolute Gasteiger partial charge is 0.288 e. The van der Waals surface area contributed by atoms with Crippen molar-refractivity contribution in [2.24, 2.45) is 0 Å². The third kappa shape index (κ3) is 4.26. The van der Waals surface area contributed by atoms with Gasteiger partial charge in [-0.2, -0.15) is 8.78 Å². The normalized spacial score (nSPS) is 10.9. The van der Waals surface area contributed by atoms with Crippen molar-refractivity contribution in [3.05, 3.63) is 45.1 Å². The van der Waals surface area contributed by atoms with Crippen LogP contribution < -0.4 is 5.32 Å². The highest BCUT2D eigenvalue weighted by molar-refractivity contribution is 9.11. The van der Waals surface area contributed by atoms with Crippen LogP contribution in [0.2, 0.25) is 0 Å². The van der Waals surface area contributed by atoms with Gasteiger partial charge >= 0.3 is 0 Å². The molecule has 1 aromatic heterocycles. The molecule has 18 heavy (non-hydrogen) atoms. The summed E-state index contributed by atoms with van der Waals surface area (Å²) in [6.45, 7) is 0.734. The highest BCUT2D eigenvalue weighted by atomic mass is 79.9. The van der Waals surface area contributed by atoms with Crippen LogP contribution in [0.4, 0.5) is 14.5 Å². The van der Waals surface area contributed by atoms with Gasteiger partial charge in [-0.1, -0.05) is 11.8 Å². The van der Waals surface area contributed by atoms with Crippen molar-refractivity contribution in [3.63, 3.8) is 0 Å². The second kappa shape index (κ2) is 6.54. The molecule has 1 heterocycles. The predicted molar refractivity (Wildman–Crippen MR) is 77.6 cm³/mol. The highest BCUT2D eigenvalue weighted by Gasteiger charge is 2.04. The van der Waals surface area contributed by atoms with Crippen molar-refractivity contribution in [2.45, 2.75) is 17.2 Å². The number of nitrogens with one attached hydrogen (secondary N) is 1. The number of benzene rings is 1. The minimum atomic E-state index is -2.37. The Morgan fingerprint density at radius 3 is 2.44 bits per heavy atom. The zero-order chi connectivity index (χ0) is 13.0. The molecule has 6 heteroatoms. The average Bonchev–Trinajstić information content (AvgIpc) is 2.74. The van der Waals surface area contributed by atoms with Crippen LogP contribution in [0.1, 0.15) is 4.88 Å². The Morgan fingerprint density at radius 2 is 1.89 bits per heavy atom. The predicted octanol–water partition coefficient (Wildman–Crippen LogP) is 5.44. The molecule has 0 atom stereocenters. The average molecular weight is 350 g/mol. The van der Waals surface area contributed by atoms with Crippen LogP contribution in [-0.4, -0.2) is 5.76 Å². The van der Waals surface area contributed by atoms with E-state index in [1.54, 1.807) is 23.5 Å². The Bertz CT molecular complexity index is 499. The fourth-order valence-electron chi connectivity index (χ4n) is 1.39. The van der Waals surface area contributed by atoms with Gasteiger partial charge in [0.05, 0.1) is 3.79 Å². The van der Waals surface area contributed by atoms with Gasteiger partial charge in [0, 0.05) is 22.0 Å². The first-order chi connectivity index (χ1) is 8.63. The maximum atomic E-state index is 12.1. The summed E-state index contributed by atoms with van der Waals surface area (Å²) in [6.07, 6.45) is 0. The van der Waals surface area contributed by atoms with Gasteiger partial charge in [0.25, 0.3) is 5.76 Å². The second-order valence-corrected chi connectivity index (χ2v) is 7.07. The van der Waals surface area contributed by atoms with E-state index in [4.69, 9.17) is 0 Å². The quantitative estimate of drug-likeness (QED) is 0.721. The van der Waals surface area contributed by atoms with Crippen molar-refractivity contribution in [2.75, 3.05) is 5.32 Å². The highest BCUT2D eigenvalue weighted by Crippen LogP contribution is 2.27. The number of hydrogen-bond acceptors (Lipinski definition) is 3. The van der Waals surface area contributed by atoms with Gasteiger partial charge in [-0.15, -0.1) is 11.3 Å². The topological polar surface area (TPSA) is 12.0 Å². The number of anilines is 1. The Morgan fingerprint density at radius 1 is 1.17 bits per heavy atom. The standard InChI is InChI=1S/C12H10BrF2NS2/c13-11-6-5-10(17-11)7-16-8-1-3-9(4-2-8)18-12(14)15/h1-6,12,16H,7H2. The molecule has 96 valence electrons. The zero-order valence-electron chi connectivity index (χ0n) is 9.20. The van der Waals surface area contributed by atoms with Gasteiger partial charge in [-0.05, 0) is 52.3 Å². The van der Waals surface area contributed by atoms with Crippen molar-refractivity contribution in [3.8, 4) is 0 Å². The molecule has 2 rings (SSSR count). The number of hydrogen-bond donors (Lipinski definition) is 1. The van der Waals surface area contributed by atoms with E-state index in [-0.39, 0.29) is 0 Å². The Labute approximate surface area is 121 Å². The van der Waals surface area contributed by atoms with E-state index in [2.05, 4.69) is 21.2 Å². The number of rotatable bonds is 5. The number of thioether (sulfide) groups is 1. The first-order valence-electron chi connectivity index (χ1n) is 5.16. The molecule has 1 N–H and O–H groups in total. The van der Waals surface area contributed by atoms with Crippen molar-refractivity contribution < 1.29 is 8.78 Å². The molecular formula is C12H10BrF2NS2. The minimum absolute atomic E-state index is 0.560. The fourth-order valence-corrected chi connectivity index (χ4v) is 3.31. The van der Waals surface area contributed by atoms with Gasteiger partial charge in [-0.25, -0.2) is 0 Å². The van der Waals surface area contributed by atoms with E-state index >= 15 is 0 Å². The maximum Gasteiger partial charge on any atom is 0.288 e. The maximum absolute atomic E-state index is 12.1. The molecule has 0 saturated heterocycles. The summed E-state index contributed by atoms with van der Waals surface area (Å²) in [7, 11) is 0. The van der Waals surface area contributed by atoms with Gasteiger partial charge in [-0.3, -0.25) is 0 Å². The van der Waals surface area contributed by atoms with Crippen LogP contribution in [0.25, 0.3) is 0 Å². The van der Waals surface area contributed by atoms with Crippen LogP contribution in [0, 0.1) is 0 Å². The van der Waals surface area contributed by atoms with Gasteiger partial charge < -0.3 is 5.32 Å². The zero-order valence-corrected chi connectivity index (χ0v) is 12.4. The molecule has 0 unspecified atom stereocenters. The number of halogens is 3. The molecule has 0 radical (unpaired) electrons. The third-order valence-corrected chi connectivity index (χ3v) is 4.52. The monoisotopic (exact) mass is 349 g/mol. The lowest BCUT2D eigenvalue weighted by atomic mass is 10.3. The van der Waals surface area contributed by atoms with E-state index < -0.39 is 5.76 Å². The first kappa shape index (κ1) is 13.8. The molecule has 0 fully saturated rings. The van der Waals surface area contributed by atoms with Crippen molar-refractivity contribution in [1.29, 1.82) is 0 Å². The molecule has 0 aliphatic rings. The number of thiophene rings is 1. The van der Waals surface area contributed by atoms with Crippen LogP contribution in [-0.2, 0) is 6.54 Å². The summed E-state index contributed by atoms with van der Waals surface area (Å²) in [5.41, 5.74) is 0.929. The molecule has 0 aliphatic carbocycles. The lowest BCUT2D eigenvalue weighted by Gasteiger charge is -2.06. The van der Waals surface area contributed by atoms with E-state index in [0.717, 1.165) is 16.0 Å². The molecule has 0 bridgehead atoms. The van der Waals surface area contributed by atoms with Crippen LogP contribution in [0.3, 0.4) is 0 Å². The molecule has 1 nitrogen and oxygen atoms in total. The first-order valence-corrected chi connectivity index (χ1v) is 7.65. The lowest BCUT2D eigenvalue weighted by Crippen LogP contribution is -1.96. The SMILES string of the molecule is FC(F)Sc1ccc(NCc2ccc(Br)s2)cc1. The summed E-state index contributed by atoms with van der Waals surface area (Å²) in [6, 6.07) is 11.1. The minimum Gasteiger partial charge on any atom is -0.380 e. The molecule has 0 saturated carbocycles. The molecule has 0 aliphatic heterocycles. The largest absolute Gasteiger partial charge is 0.380 e. The Hall–Kier alpha value is -0.590. The summed E-state index contributed by atoms with van der Waals surface area (Å²) < 4.78 is 25.4. The summed E-state index contributed by atoms with van der Waals surface area (Å²) in [5, 5.41) is 3.25. The molecular weight excluding hydrogens is 340 g/mol. The fraction of sp³-hybridized carbons (Fsp3) is 0.167. The molecule has 0 amide bonds. The third-order valence-electron chi connectivity index (χ3n) is 2.18. The van der Waals surface area contributed by atoms with E-state index in [0.29, 0.717) is 16.7 Å². The van der Waals surface area contributed by atoms with E-state index in [9.17, 15) is 8.78 Å². The Kier molecular flexibility index (Phi) is 5.03. The molecule has 0 spiro atoms. The number of alkyl halides is 2.